The molecule has 6 nitrogen and oxygen atoms in total. The van der Waals surface area contributed by atoms with Gasteiger partial charge in [-0.05, 0) is 67.1 Å². The van der Waals surface area contributed by atoms with E-state index >= 15 is 0 Å². The minimum absolute atomic E-state index is 0.144. The van der Waals surface area contributed by atoms with Crippen molar-refractivity contribution in [3.05, 3.63) is 65.7 Å². The molecule has 0 bridgehead atoms. The van der Waals surface area contributed by atoms with Crippen LogP contribution in [0.25, 0.3) is 10.8 Å². The van der Waals surface area contributed by atoms with Gasteiger partial charge in [-0.25, -0.2) is 13.1 Å². The summed E-state index contributed by atoms with van der Waals surface area (Å²) in [5.41, 5.74) is 1.91. The van der Waals surface area contributed by atoms with Gasteiger partial charge in [0.25, 0.3) is 0 Å². The Morgan fingerprint density at radius 2 is 1.69 bits per heavy atom. The van der Waals surface area contributed by atoms with Gasteiger partial charge < -0.3 is 10.1 Å². The van der Waals surface area contributed by atoms with Crippen LogP contribution in [0, 0.1) is 6.92 Å². The number of amides is 1. The van der Waals surface area contributed by atoms with Gasteiger partial charge in [0, 0.05) is 5.69 Å². The quantitative estimate of drug-likeness (QED) is 0.645. The molecule has 152 valence electrons. The molecule has 2 N–H and O–H groups in total. The highest BCUT2D eigenvalue weighted by Crippen LogP contribution is 2.26. The number of hydrogen-bond donors (Lipinski definition) is 2. The molecule has 0 saturated heterocycles. The van der Waals surface area contributed by atoms with Gasteiger partial charge in [-0.2, -0.15) is 0 Å². The average Bonchev–Trinajstić information content (AvgIpc) is 2.73. The molecule has 3 aromatic rings. The first-order valence-corrected chi connectivity index (χ1v) is 10.7. The maximum absolute atomic E-state index is 12.8. The van der Waals surface area contributed by atoms with E-state index in [1.54, 1.807) is 26.2 Å². The van der Waals surface area contributed by atoms with Crippen molar-refractivity contribution in [3.8, 4) is 5.75 Å². The number of rotatable bonds is 6. The largest absolute Gasteiger partial charge is 0.497 e. The standard InChI is InChI=1S/C22H24N2O4S/c1-14-5-9-19(13-21(14)29(26,27)23-3)24-22(25)15(2)16-6-7-18-12-20(28-4)10-8-17(18)11-16/h5-13,15,23H,1-4H3,(H,24,25)/t15-/m0/s1. The molecule has 0 aliphatic rings. The maximum Gasteiger partial charge on any atom is 0.240 e. The van der Waals surface area contributed by atoms with Crippen LogP contribution in [-0.2, 0) is 14.8 Å². The zero-order valence-electron chi connectivity index (χ0n) is 16.8. The van der Waals surface area contributed by atoms with Gasteiger partial charge >= 0.3 is 0 Å². The van der Waals surface area contributed by atoms with Crippen LogP contribution in [0.4, 0.5) is 5.69 Å². The fraction of sp³-hybridized carbons (Fsp3) is 0.227. The zero-order chi connectivity index (χ0) is 21.2. The summed E-state index contributed by atoms with van der Waals surface area (Å²) >= 11 is 0. The molecule has 3 rings (SSSR count). The lowest BCUT2D eigenvalue weighted by Crippen LogP contribution is -2.21. The van der Waals surface area contributed by atoms with Crippen LogP contribution in [0.5, 0.6) is 5.75 Å². The summed E-state index contributed by atoms with van der Waals surface area (Å²) in [6.45, 7) is 3.53. The number of hydrogen-bond acceptors (Lipinski definition) is 4. The molecule has 29 heavy (non-hydrogen) atoms. The molecule has 0 aliphatic carbocycles. The highest BCUT2D eigenvalue weighted by atomic mass is 32.2. The summed E-state index contributed by atoms with van der Waals surface area (Å²) in [5, 5.41) is 4.86. The summed E-state index contributed by atoms with van der Waals surface area (Å²) in [4.78, 5) is 12.9. The third-order valence-corrected chi connectivity index (χ3v) is 6.53. The Hall–Kier alpha value is -2.90. The van der Waals surface area contributed by atoms with Gasteiger partial charge in [0.2, 0.25) is 15.9 Å². The number of methoxy groups -OCH3 is 1. The van der Waals surface area contributed by atoms with Crippen molar-refractivity contribution in [1.29, 1.82) is 0 Å². The Balaban J connectivity index is 1.84. The van der Waals surface area contributed by atoms with E-state index < -0.39 is 15.9 Å². The molecule has 0 radical (unpaired) electrons. The normalized spacial score (nSPS) is 12.6. The van der Waals surface area contributed by atoms with Crippen LogP contribution in [0.15, 0.2) is 59.5 Å². The van der Waals surface area contributed by atoms with Crippen LogP contribution in [0.1, 0.15) is 24.0 Å². The third-order valence-electron chi connectivity index (χ3n) is 4.98. The lowest BCUT2D eigenvalue weighted by atomic mass is 9.97. The number of sulfonamides is 1. The van der Waals surface area contributed by atoms with Gasteiger partial charge in [-0.3, -0.25) is 4.79 Å². The number of aryl methyl sites for hydroxylation is 1. The number of anilines is 1. The van der Waals surface area contributed by atoms with E-state index in [0.717, 1.165) is 22.1 Å². The molecule has 1 amide bonds. The summed E-state index contributed by atoms with van der Waals surface area (Å²) in [7, 11) is -0.617. The van der Waals surface area contributed by atoms with E-state index in [-0.39, 0.29) is 10.8 Å². The average molecular weight is 413 g/mol. The van der Waals surface area contributed by atoms with Crippen molar-refractivity contribution in [1.82, 2.24) is 4.72 Å². The molecule has 3 aromatic carbocycles. The first kappa shape index (κ1) is 20.8. The molecule has 1 atom stereocenters. The molecule has 0 aromatic heterocycles. The highest BCUT2D eigenvalue weighted by molar-refractivity contribution is 7.89. The first-order valence-electron chi connectivity index (χ1n) is 9.18. The molecule has 0 unspecified atom stereocenters. The van der Waals surface area contributed by atoms with Crippen LogP contribution >= 0.6 is 0 Å². The predicted octanol–water partition coefficient (Wildman–Crippen LogP) is 3.81. The van der Waals surface area contributed by atoms with Crippen LogP contribution in [-0.4, -0.2) is 28.5 Å². The van der Waals surface area contributed by atoms with Crippen molar-refractivity contribution in [2.45, 2.75) is 24.7 Å². The molecule has 0 spiro atoms. The second kappa shape index (κ2) is 8.23. The Kier molecular flexibility index (Phi) is 5.91. The second-order valence-electron chi connectivity index (χ2n) is 6.87. The Bertz CT molecular complexity index is 1170. The van der Waals surface area contributed by atoms with Crippen molar-refractivity contribution < 1.29 is 17.9 Å². The van der Waals surface area contributed by atoms with E-state index in [2.05, 4.69) is 10.0 Å². The van der Waals surface area contributed by atoms with Crippen molar-refractivity contribution in [2.24, 2.45) is 0 Å². The van der Waals surface area contributed by atoms with E-state index in [9.17, 15) is 13.2 Å². The van der Waals surface area contributed by atoms with Gasteiger partial charge in [-0.15, -0.1) is 0 Å². The molecule has 0 heterocycles. The molecular formula is C22H24N2O4S. The first-order chi connectivity index (χ1) is 13.7. The van der Waals surface area contributed by atoms with Crippen molar-refractivity contribution >= 4 is 32.4 Å². The number of carbonyl (C=O) groups is 1. The summed E-state index contributed by atoms with van der Waals surface area (Å²) < 4.78 is 31.9. The summed E-state index contributed by atoms with van der Waals surface area (Å²) in [6.07, 6.45) is 0. The lowest BCUT2D eigenvalue weighted by molar-refractivity contribution is -0.117. The fourth-order valence-corrected chi connectivity index (χ4v) is 4.11. The van der Waals surface area contributed by atoms with E-state index in [1.165, 1.54) is 13.1 Å². The van der Waals surface area contributed by atoms with Gasteiger partial charge in [0.05, 0.1) is 17.9 Å². The zero-order valence-corrected chi connectivity index (χ0v) is 17.6. The lowest BCUT2D eigenvalue weighted by Gasteiger charge is -2.15. The van der Waals surface area contributed by atoms with Gasteiger partial charge in [0.15, 0.2) is 0 Å². The van der Waals surface area contributed by atoms with Crippen LogP contribution in [0.2, 0.25) is 0 Å². The SMILES string of the molecule is CNS(=O)(=O)c1cc(NC(=O)[C@@H](C)c2ccc3cc(OC)ccc3c2)ccc1C. The number of ether oxygens (including phenoxy) is 1. The Labute approximate surface area is 170 Å². The summed E-state index contributed by atoms with van der Waals surface area (Å²) in [5.74, 6) is 0.157. The second-order valence-corrected chi connectivity index (χ2v) is 8.73. The summed E-state index contributed by atoms with van der Waals surface area (Å²) in [6, 6.07) is 16.5. The Morgan fingerprint density at radius 3 is 2.38 bits per heavy atom. The predicted molar refractivity (Wildman–Crippen MR) is 115 cm³/mol. The van der Waals surface area contributed by atoms with E-state index in [0.29, 0.717) is 11.3 Å². The van der Waals surface area contributed by atoms with Crippen LogP contribution < -0.4 is 14.8 Å². The minimum Gasteiger partial charge on any atom is -0.497 e. The maximum atomic E-state index is 12.8. The van der Waals surface area contributed by atoms with Gasteiger partial charge in [0.1, 0.15) is 5.75 Å². The number of fused-ring (bicyclic) bond motifs is 1. The van der Waals surface area contributed by atoms with Crippen molar-refractivity contribution in [2.75, 3.05) is 19.5 Å². The van der Waals surface area contributed by atoms with Crippen molar-refractivity contribution in [3.63, 3.8) is 0 Å². The smallest absolute Gasteiger partial charge is 0.240 e. The fourth-order valence-electron chi connectivity index (χ4n) is 3.12. The Morgan fingerprint density at radius 1 is 1.00 bits per heavy atom. The highest BCUT2D eigenvalue weighted by Gasteiger charge is 2.19. The molecule has 0 saturated carbocycles. The van der Waals surface area contributed by atoms with Gasteiger partial charge in [-0.1, -0.05) is 30.3 Å². The third kappa shape index (κ3) is 4.41. The molecule has 7 heteroatoms. The number of carbonyl (C=O) groups excluding carboxylic acids is 1. The molecule has 0 aliphatic heterocycles. The molecular weight excluding hydrogens is 388 g/mol. The topological polar surface area (TPSA) is 84.5 Å². The molecule has 0 fully saturated rings. The number of nitrogens with one attached hydrogen (secondary N) is 2. The van der Waals surface area contributed by atoms with E-state index in [4.69, 9.17) is 4.74 Å². The van der Waals surface area contributed by atoms with Crippen LogP contribution in [0.3, 0.4) is 0 Å². The number of benzene rings is 3. The van der Waals surface area contributed by atoms with E-state index in [1.807, 2.05) is 43.3 Å². The monoisotopic (exact) mass is 412 g/mol. The minimum atomic E-state index is -3.60.